The maximum Gasteiger partial charge on any atom is 0.175 e. The second kappa shape index (κ2) is 7.29. The van der Waals surface area contributed by atoms with Crippen LogP contribution >= 0.6 is 23.8 Å². The normalized spacial score (nSPS) is 10.0. The Bertz CT molecular complexity index is 675. The number of halogens is 2. The average molecular weight is 341 g/mol. The Labute approximate surface area is 138 Å². The van der Waals surface area contributed by atoms with Gasteiger partial charge in [0, 0.05) is 28.9 Å². The quantitative estimate of drug-likeness (QED) is 0.812. The molecule has 0 heterocycles. The predicted octanol–water partition coefficient (Wildman–Crippen LogP) is 4.31. The molecule has 0 radical (unpaired) electrons. The Balaban J connectivity index is 2.11. The van der Waals surface area contributed by atoms with Crippen LogP contribution in [0.5, 0.6) is 11.5 Å². The summed E-state index contributed by atoms with van der Waals surface area (Å²) in [5.74, 6) is 0.740. The van der Waals surface area contributed by atoms with Crippen LogP contribution in [0, 0.1) is 5.82 Å². The Morgan fingerprint density at radius 2 is 1.68 bits per heavy atom. The maximum atomic E-state index is 13.7. The van der Waals surface area contributed by atoms with E-state index < -0.39 is 5.82 Å². The summed E-state index contributed by atoms with van der Waals surface area (Å²) in [6.07, 6.45) is 0. The highest BCUT2D eigenvalue weighted by Gasteiger charge is 2.07. The first kappa shape index (κ1) is 16.3. The van der Waals surface area contributed by atoms with Gasteiger partial charge < -0.3 is 20.1 Å². The predicted molar refractivity (Wildman–Crippen MR) is 90.8 cm³/mol. The molecular weight excluding hydrogens is 327 g/mol. The van der Waals surface area contributed by atoms with Crippen molar-refractivity contribution >= 4 is 40.3 Å². The first-order chi connectivity index (χ1) is 10.5. The summed E-state index contributed by atoms with van der Waals surface area (Å²) >= 11 is 10.9. The topological polar surface area (TPSA) is 42.5 Å². The highest BCUT2D eigenvalue weighted by molar-refractivity contribution is 7.80. The third-order valence-corrected chi connectivity index (χ3v) is 3.23. The number of benzene rings is 2. The van der Waals surface area contributed by atoms with Crippen molar-refractivity contribution in [3.8, 4) is 11.5 Å². The minimum Gasteiger partial charge on any atom is -0.497 e. The summed E-state index contributed by atoms with van der Waals surface area (Å²) in [6, 6.07) is 9.52. The Morgan fingerprint density at radius 3 is 2.23 bits per heavy atom. The summed E-state index contributed by atoms with van der Waals surface area (Å²) < 4.78 is 24.1. The number of rotatable bonds is 4. The van der Waals surface area contributed by atoms with Gasteiger partial charge in [0.2, 0.25) is 0 Å². The lowest BCUT2D eigenvalue weighted by atomic mass is 10.2. The van der Waals surface area contributed by atoms with Crippen LogP contribution in [0.15, 0.2) is 36.4 Å². The summed E-state index contributed by atoms with van der Waals surface area (Å²) in [7, 11) is 3.11. The Morgan fingerprint density at radius 1 is 1.05 bits per heavy atom. The van der Waals surface area contributed by atoms with E-state index in [1.54, 1.807) is 38.5 Å². The first-order valence-corrected chi connectivity index (χ1v) is 7.06. The fourth-order valence-corrected chi connectivity index (χ4v) is 2.14. The molecule has 0 bridgehead atoms. The Hall–Kier alpha value is -2.05. The number of anilines is 2. The number of methoxy groups -OCH3 is 2. The van der Waals surface area contributed by atoms with E-state index in [0.29, 0.717) is 22.2 Å². The molecule has 22 heavy (non-hydrogen) atoms. The lowest BCUT2D eigenvalue weighted by Crippen LogP contribution is -2.19. The van der Waals surface area contributed by atoms with Crippen molar-refractivity contribution in [3.05, 3.63) is 47.2 Å². The van der Waals surface area contributed by atoms with Gasteiger partial charge in [-0.1, -0.05) is 11.6 Å². The highest BCUT2D eigenvalue weighted by atomic mass is 35.5. The van der Waals surface area contributed by atoms with E-state index in [2.05, 4.69) is 10.6 Å². The van der Waals surface area contributed by atoms with Crippen molar-refractivity contribution < 1.29 is 13.9 Å². The van der Waals surface area contributed by atoms with Crippen LogP contribution in [0.1, 0.15) is 0 Å². The van der Waals surface area contributed by atoms with Crippen LogP contribution in [0.4, 0.5) is 15.8 Å². The van der Waals surface area contributed by atoms with E-state index in [1.165, 1.54) is 12.1 Å². The molecule has 2 aromatic carbocycles. The molecule has 0 spiro atoms. The molecule has 0 unspecified atom stereocenters. The number of thiocarbonyl (C=S) groups is 1. The van der Waals surface area contributed by atoms with Gasteiger partial charge in [-0.3, -0.25) is 0 Å². The van der Waals surface area contributed by atoms with Crippen molar-refractivity contribution in [1.29, 1.82) is 0 Å². The second-order valence-corrected chi connectivity index (χ2v) is 5.15. The van der Waals surface area contributed by atoms with Crippen LogP contribution < -0.4 is 20.1 Å². The molecule has 0 aromatic heterocycles. The van der Waals surface area contributed by atoms with Gasteiger partial charge in [-0.05, 0) is 30.4 Å². The van der Waals surface area contributed by atoms with Crippen molar-refractivity contribution in [1.82, 2.24) is 0 Å². The van der Waals surface area contributed by atoms with Gasteiger partial charge in [0.15, 0.2) is 5.11 Å². The molecule has 4 nitrogen and oxygen atoms in total. The van der Waals surface area contributed by atoms with Crippen molar-refractivity contribution in [3.63, 3.8) is 0 Å². The summed E-state index contributed by atoms with van der Waals surface area (Å²) in [6.45, 7) is 0. The molecule has 0 aliphatic rings. The van der Waals surface area contributed by atoms with E-state index in [-0.39, 0.29) is 10.8 Å². The fourth-order valence-electron chi connectivity index (χ4n) is 1.76. The van der Waals surface area contributed by atoms with E-state index in [9.17, 15) is 4.39 Å². The summed E-state index contributed by atoms with van der Waals surface area (Å²) in [5, 5.41) is 6.26. The van der Waals surface area contributed by atoms with Crippen LogP contribution in [-0.2, 0) is 0 Å². The van der Waals surface area contributed by atoms with Gasteiger partial charge in [-0.25, -0.2) is 4.39 Å². The molecule has 0 aliphatic carbocycles. The zero-order chi connectivity index (χ0) is 16.1. The molecule has 116 valence electrons. The van der Waals surface area contributed by atoms with Gasteiger partial charge in [0.25, 0.3) is 0 Å². The SMILES string of the molecule is COc1cc(NC(=S)Nc2ccc(Cl)cc2F)cc(OC)c1. The van der Waals surface area contributed by atoms with Crippen LogP contribution in [0.25, 0.3) is 0 Å². The summed E-state index contributed by atoms with van der Waals surface area (Å²) in [5.41, 5.74) is 0.889. The monoisotopic (exact) mass is 340 g/mol. The zero-order valence-electron chi connectivity index (χ0n) is 11.9. The minimum atomic E-state index is -0.486. The molecule has 0 atom stereocenters. The Kier molecular flexibility index (Phi) is 5.41. The molecule has 0 saturated heterocycles. The number of hydrogen-bond donors (Lipinski definition) is 2. The molecule has 7 heteroatoms. The van der Waals surface area contributed by atoms with Crippen molar-refractivity contribution in [2.75, 3.05) is 24.9 Å². The number of hydrogen-bond acceptors (Lipinski definition) is 3. The van der Waals surface area contributed by atoms with Crippen LogP contribution in [0.2, 0.25) is 5.02 Å². The van der Waals surface area contributed by atoms with Crippen molar-refractivity contribution in [2.45, 2.75) is 0 Å². The van der Waals surface area contributed by atoms with Gasteiger partial charge in [-0.2, -0.15) is 0 Å². The molecular formula is C15H14ClFN2O2S. The first-order valence-electron chi connectivity index (χ1n) is 6.28. The molecule has 0 saturated carbocycles. The van der Waals surface area contributed by atoms with Gasteiger partial charge in [0.05, 0.1) is 19.9 Å². The largest absolute Gasteiger partial charge is 0.497 e. The minimum absolute atomic E-state index is 0.233. The highest BCUT2D eigenvalue weighted by Crippen LogP contribution is 2.26. The smallest absolute Gasteiger partial charge is 0.175 e. The van der Waals surface area contributed by atoms with E-state index in [1.807, 2.05) is 0 Å². The maximum absolute atomic E-state index is 13.7. The van der Waals surface area contributed by atoms with Gasteiger partial charge >= 0.3 is 0 Å². The zero-order valence-corrected chi connectivity index (χ0v) is 13.5. The molecule has 0 fully saturated rings. The molecule has 2 aromatic rings. The van der Waals surface area contributed by atoms with Crippen LogP contribution in [0.3, 0.4) is 0 Å². The average Bonchev–Trinajstić information content (AvgIpc) is 2.49. The second-order valence-electron chi connectivity index (χ2n) is 4.30. The number of ether oxygens (including phenoxy) is 2. The van der Waals surface area contributed by atoms with E-state index >= 15 is 0 Å². The van der Waals surface area contributed by atoms with Gasteiger partial charge in [0.1, 0.15) is 17.3 Å². The van der Waals surface area contributed by atoms with Gasteiger partial charge in [-0.15, -0.1) is 0 Å². The summed E-state index contributed by atoms with van der Waals surface area (Å²) in [4.78, 5) is 0. The lowest BCUT2D eigenvalue weighted by molar-refractivity contribution is 0.395. The van der Waals surface area contributed by atoms with E-state index in [4.69, 9.17) is 33.3 Å². The third-order valence-electron chi connectivity index (χ3n) is 2.79. The molecule has 2 rings (SSSR count). The molecule has 0 aliphatic heterocycles. The fraction of sp³-hybridized carbons (Fsp3) is 0.133. The third kappa shape index (κ3) is 4.22. The van der Waals surface area contributed by atoms with Crippen LogP contribution in [-0.4, -0.2) is 19.3 Å². The van der Waals surface area contributed by atoms with Crippen molar-refractivity contribution in [2.24, 2.45) is 0 Å². The lowest BCUT2D eigenvalue weighted by Gasteiger charge is -2.13. The number of nitrogens with one attached hydrogen (secondary N) is 2. The standard InChI is InChI=1S/C15H14ClFN2O2S/c1-20-11-6-10(7-12(8-11)21-2)18-15(22)19-14-4-3-9(16)5-13(14)17/h3-8H,1-2H3,(H2,18,19,22). The molecule has 2 N–H and O–H groups in total. The molecule has 0 amide bonds. The van der Waals surface area contributed by atoms with E-state index in [0.717, 1.165) is 0 Å².